The third kappa shape index (κ3) is 5.20. The Kier molecular flexibility index (Phi) is 6.82. The first-order valence-corrected chi connectivity index (χ1v) is 11.0. The Morgan fingerprint density at radius 2 is 1.79 bits per heavy atom. The Balaban J connectivity index is 1.54. The molecule has 4 aromatic rings. The first kappa shape index (κ1) is 22.9. The highest BCUT2D eigenvalue weighted by Gasteiger charge is 2.25. The number of H-pyrrole nitrogens is 1. The van der Waals surface area contributed by atoms with Gasteiger partial charge in [-0.05, 0) is 53.6 Å². The average molecular weight is 458 g/mol. The largest absolute Gasteiger partial charge is 0.508 e. The summed E-state index contributed by atoms with van der Waals surface area (Å²) in [6, 6.07) is 21.0. The molecule has 0 aliphatic heterocycles. The van der Waals surface area contributed by atoms with Gasteiger partial charge in [-0.2, -0.15) is 0 Å². The minimum atomic E-state index is -0.749. The van der Waals surface area contributed by atoms with E-state index in [1.165, 1.54) is 4.90 Å². The number of methoxy groups -OCH3 is 1. The Hall–Kier alpha value is -4.26. The number of benzene rings is 3. The van der Waals surface area contributed by atoms with Crippen molar-refractivity contribution in [2.24, 2.45) is 0 Å². The number of nitrogens with one attached hydrogen (secondary N) is 2. The third-order valence-corrected chi connectivity index (χ3v) is 5.81. The van der Waals surface area contributed by atoms with E-state index in [0.717, 1.165) is 22.0 Å². The van der Waals surface area contributed by atoms with Crippen LogP contribution >= 0.6 is 0 Å². The van der Waals surface area contributed by atoms with E-state index in [9.17, 15) is 14.7 Å². The van der Waals surface area contributed by atoms with Gasteiger partial charge >= 0.3 is 0 Å². The molecule has 0 radical (unpaired) electrons. The summed E-state index contributed by atoms with van der Waals surface area (Å²) in [5.41, 5.74) is 3.22. The van der Waals surface area contributed by atoms with Crippen LogP contribution < -0.4 is 15.0 Å². The molecule has 34 heavy (non-hydrogen) atoms. The van der Waals surface area contributed by atoms with Crippen molar-refractivity contribution >= 4 is 28.4 Å². The molecule has 0 saturated heterocycles. The molecular formula is C27H27N3O4. The minimum absolute atomic E-state index is 0.0777. The van der Waals surface area contributed by atoms with Crippen molar-refractivity contribution in [3.63, 3.8) is 0 Å². The molecule has 2 amide bonds. The monoisotopic (exact) mass is 457 g/mol. The second-order valence-corrected chi connectivity index (χ2v) is 8.13. The Labute approximate surface area is 198 Å². The number of amides is 2. The molecule has 7 heteroatoms. The zero-order valence-electron chi connectivity index (χ0n) is 19.1. The molecule has 1 aromatic heterocycles. The van der Waals surface area contributed by atoms with Gasteiger partial charge < -0.3 is 25.0 Å². The molecule has 0 unspecified atom stereocenters. The fraction of sp³-hybridized carbons (Fsp3) is 0.185. The van der Waals surface area contributed by atoms with Gasteiger partial charge in [-0.1, -0.05) is 30.3 Å². The molecule has 174 valence electrons. The van der Waals surface area contributed by atoms with E-state index in [1.54, 1.807) is 62.8 Å². The normalized spacial score (nSPS) is 11.7. The Bertz CT molecular complexity index is 1280. The maximum atomic E-state index is 13.4. The van der Waals surface area contributed by atoms with Crippen LogP contribution in [0, 0.1) is 0 Å². The second kappa shape index (κ2) is 10.1. The first-order chi connectivity index (χ1) is 16.4. The Morgan fingerprint density at radius 3 is 2.50 bits per heavy atom. The van der Waals surface area contributed by atoms with Crippen LogP contribution in [-0.4, -0.2) is 42.1 Å². The number of hydrogen-bond donors (Lipinski definition) is 3. The van der Waals surface area contributed by atoms with Crippen LogP contribution in [0.3, 0.4) is 0 Å². The summed E-state index contributed by atoms with van der Waals surface area (Å²) in [6.45, 7) is 0. The van der Waals surface area contributed by atoms with E-state index in [2.05, 4.69) is 10.3 Å². The first-order valence-electron chi connectivity index (χ1n) is 11.0. The molecule has 0 spiro atoms. The maximum absolute atomic E-state index is 13.4. The number of likely N-dealkylation sites (N-methyl/N-ethyl adjacent to an activating group) is 1. The van der Waals surface area contributed by atoms with Gasteiger partial charge in [0.1, 0.15) is 17.5 Å². The van der Waals surface area contributed by atoms with Crippen LogP contribution in [-0.2, 0) is 22.4 Å². The van der Waals surface area contributed by atoms with E-state index < -0.39 is 6.04 Å². The molecule has 0 aliphatic rings. The molecular weight excluding hydrogens is 430 g/mol. The SMILES string of the molecule is COc1ccc(N(C)C(=O)[C@H](Cc2ccccc2)NC(=O)Cc2c[nH]c3ccc(O)cc23)cc1. The molecule has 3 aromatic carbocycles. The van der Waals surface area contributed by atoms with E-state index in [-0.39, 0.29) is 24.0 Å². The summed E-state index contributed by atoms with van der Waals surface area (Å²) in [5.74, 6) is 0.330. The lowest BCUT2D eigenvalue weighted by molar-refractivity contribution is -0.127. The summed E-state index contributed by atoms with van der Waals surface area (Å²) in [7, 11) is 3.28. The van der Waals surface area contributed by atoms with Gasteiger partial charge in [-0.25, -0.2) is 0 Å². The molecule has 1 heterocycles. The van der Waals surface area contributed by atoms with E-state index in [0.29, 0.717) is 17.9 Å². The number of rotatable bonds is 8. The predicted molar refractivity (Wildman–Crippen MR) is 132 cm³/mol. The number of aromatic amines is 1. The molecule has 1 atom stereocenters. The van der Waals surface area contributed by atoms with Gasteiger partial charge in [0.25, 0.3) is 0 Å². The van der Waals surface area contributed by atoms with Crippen molar-refractivity contribution in [1.82, 2.24) is 10.3 Å². The number of carbonyl (C=O) groups excluding carboxylic acids is 2. The fourth-order valence-electron chi connectivity index (χ4n) is 3.95. The zero-order chi connectivity index (χ0) is 24.1. The zero-order valence-corrected chi connectivity index (χ0v) is 19.1. The van der Waals surface area contributed by atoms with Gasteiger partial charge in [0.05, 0.1) is 13.5 Å². The lowest BCUT2D eigenvalue weighted by Gasteiger charge is -2.25. The van der Waals surface area contributed by atoms with Crippen LogP contribution in [0.25, 0.3) is 10.9 Å². The fourth-order valence-corrected chi connectivity index (χ4v) is 3.95. The van der Waals surface area contributed by atoms with Crippen molar-refractivity contribution in [1.29, 1.82) is 0 Å². The van der Waals surface area contributed by atoms with Crippen LogP contribution in [0.2, 0.25) is 0 Å². The number of aromatic nitrogens is 1. The highest BCUT2D eigenvalue weighted by molar-refractivity contribution is 5.99. The molecule has 0 aliphatic carbocycles. The summed E-state index contributed by atoms with van der Waals surface area (Å²) in [6.07, 6.45) is 2.19. The summed E-state index contributed by atoms with van der Waals surface area (Å²) in [5, 5.41) is 13.5. The summed E-state index contributed by atoms with van der Waals surface area (Å²) in [4.78, 5) is 31.1. The lowest BCUT2D eigenvalue weighted by Crippen LogP contribution is -2.49. The number of phenols is 1. The summed E-state index contributed by atoms with van der Waals surface area (Å²) >= 11 is 0. The number of anilines is 1. The smallest absolute Gasteiger partial charge is 0.249 e. The molecule has 3 N–H and O–H groups in total. The highest BCUT2D eigenvalue weighted by atomic mass is 16.5. The second-order valence-electron chi connectivity index (χ2n) is 8.13. The predicted octanol–water partition coefficient (Wildman–Crippen LogP) is 3.82. The van der Waals surface area contributed by atoms with E-state index in [1.807, 2.05) is 30.3 Å². The topological polar surface area (TPSA) is 94.7 Å². The minimum Gasteiger partial charge on any atom is -0.508 e. The molecule has 0 saturated carbocycles. The van der Waals surface area contributed by atoms with Crippen molar-refractivity contribution < 1.29 is 19.4 Å². The van der Waals surface area contributed by atoms with Gasteiger partial charge in [0.15, 0.2) is 0 Å². The van der Waals surface area contributed by atoms with E-state index >= 15 is 0 Å². The number of phenolic OH excluding ortho intramolecular Hbond substituents is 1. The molecule has 0 bridgehead atoms. The standard InChI is InChI=1S/C27H27N3O4/c1-30(20-8-11-22(34-2)12-9-20)27(33)25(14-18-6-4-3-5-7-18)29-26(32)15-19-17-28-24-13-10-21(31)16-23(19)24/h3-13,16-17,25,28,31H,14-15H2,1-2H3,(H,29,32)/t25-/m0/s1. The highest BCUT2D eigenvalue weighted by Crippen LogP contribution is 2.24. The third-order valence-electron chi connectivity index (χ3n) is 5.81. The van der Waals surface area contributed by atoms with Crippen molar-refractivity contribution in [2.75, 3.05) is 19.1 Å². The van der Waals surface area contributed by atoms with Crippen molar-refractivity contribution in [3.8, 4) is 11.5 Å². The number of ether oxygens (including phenoxy) is 1. The number of aromatic hydroxyl groups is 1. The average Bonchev–Trinajstić information content (AvgIpc) is 3.25. The van der Waals surface area contributed by atoms with Crippen LogP contribution in [0.4, 0.5) is 5.69 Å². The summed E-state index contributed by atoms with van der Waals surface area (Å²) < 4.78 is 5.20. The maximum Gasteiger partial charge on any atom is 0.249 e. The number of fused-ring (bicyclic) bond motifs is 1. The number of hydrogen-bond acceptors (Lipinski definition) is 4. The van der Waals surface area contributed by atoms with Crippen LogP contribution in [0.5, 0.6) is 11.5 Å². The van der Waals surface area contributed by atoms with Crippen molar-refractivity contribution in [2.45, 2.75) is 18.9 Å². The quantitative estimate of drug-likeness (QED) is 0.375. The molecule has 0 fully saturated rings. The molecule has 4 rings (SSSR count). The number of carbonyl (C=O) groups is 2. The van der Waals surface area contributed by atoms with Crippen LogP contribution in [0.15, 0.2) is 79.0 Å². The number of nitrogens with zero attached hydrogens (tertiary/aromatic N) is 1. The van der Waals surface area contributed by atoms with Crippen LogP contribution in [0.1, 0.15) is 11.1 Å². The lowest BCUT2D eigenvalue weighted by atomic mass is 10.0. The van der Waals surface area contributed by atoms with Gasteiger partial charge in [0.2, 0.25) is 11.8 Å². The Morgan fingerprint density at radius 1 is 1.06 bits per heavy atom. The van der Waals surface area contributed by atoms with E-state index in [4.69, 9.17) is 4.74 Å². The van der Waals surface area contributed by atoms with Gasteiger partial charge in [0, 0.05) is 36.3 Å². The van der Waals surface area contributed by atoms with Crippen molar-refractivity contribution in [3.05, 3.63) is 90.1 Å². The van der Waals surface area contributed by atoms with Gasteiger partial charge in [-0.3, -0.25) is 9.59 Å². The van der Waals surface area contributed by atoms with Gasteiger partial charge in [-0.15, -0.1) is 0 Å². The molecule has 7 nitrogen and oxygen atoms in total.